The third kappa shape index (κ3) is 6.86. The average Bonchev–Trinajstić information content (AvgIpc) is 3.07. The average molecular weight is 383 g/mol. The van der Waals surface area contributed by atoms with E-state index >= 15 is 0 Å². The van der Waals surface area contributed by atoms with Crippen molar-refractivity contribution >= 4 is 28.9 Å². The van der Waals surface area contributed by atoms with Crippen LogP contribution in [-0.2, 0) is 6.42 Å². The van der Waals surface area contributed by atoms with E-state index in [1.165, 1.54) is 16.2 Å². The highest BCUT2D eigenvalue weighted by Crippen LogP contribution is 2.22. The number of likely N-dealkylation sites (tertiary alicyclic amines) is 1. The van der Waals surface area contributed by atoms with Crippen molar-refractivity contribution in [3.05, 3.63) is 21.3 Å². The smallest absolute Gasteiger partial charge is 0.357 e. The molecule has 2 rings (SSSR count). The molecule has 24 heavy (non-hydrogen) atoms. The first-order valence-electron chi connectivity index (χ1n) is 7.94. The molecule has 1 aromatic heterocycles. The number of aliphatic imine (C=N–C) groups is 1. The summed E-state index contributed by atoms with van der Waals surface area (Å²) >= 11 is 7.43. The molecule has 0 aromatic carbocycles. The molecule has 0 saturated carbocycles. The number of nitrogens with one attached hydrogen (secondary N) is 2. The van der Waals surface area contributed by atoms with Crippen LogP contribution in [-0.4, -0.2) is 55.8 Å². The summed E-state index contributed by atoms with van der Waals surface area (Å²) in [5.41, 5.74) is 0. The Hall–Kier alpha value is -0.990. The summed E-state index contributed by atoms with van der Waals surface area (Å²) < 4.78 is 38.1. The second-order valence-corrected chi connectivity index (χ2v) is 7.50. The first kappa shape index (κ1) is 19.3. The number of rotatable bonds is 6. The van der Waals surface area contributed by atoms with Gasteiger partial charge in [-0.15, -0.1) is 11.3 Å². The monoisotopic (exact) mass is 382 g/mol. The second-order valence-electron chi connectivity index (χ2n) is 5.70. The van der Waals surface area contributed by atoms with Crippen LogP contribution in [0.1, 0.15) is 18.2 Å². The molecule has 0 bridgehead atoms. The van der Waals surface area contributed by atoms with Gasteiger partial charge in [0, 0.05) is 43.5 Å². The minimum Gasteiger partial charge on any atom is -0.357 e. The zero-order valence-corrected chi connectivity index (χ0v) is 15.1. The summed E-state index contributed by atoms with van der Waals surface area (Å²) in [5.74, 6) is 0.652. The Labute approximate surface area is 149 Å². The molecular formula is C15H22ClF3N4S. The van der Waals surface area contributed by atoms with Crippen LogP contribution in [0.3, 0.4) is 0 Å². The van der Waals surface area contributed by atoms with Crippen LogP contribution in [0.25, 0.3) is 0 Å². The predicted octanol–water partition coefficient (Wildman–Crippen LogP) is 3.14. The molecule has 1 fully saturated rings. The number of halogens is 4. The van der Waals surface area contributed by atoms with Crippen LogP contribution in [0.5, 0.6) is 0 Å². The number of nitrogens with zero attached hydrogens (tertiary/aromatic N) is 2. The van der Waals surface area contributed by atoms with Gasteiger partial charge in [-0.25, -0.2) is 0 Å². The van der Waals surface area contributed by atoms with Crippen LogP contribution in [0.15, 0.2) is 17.1 Å². The highest BCUT2D eigenvalue weighted by molar-refractivity contribution is 7.16. The van der Waals surface area contributed by atoms with Crippen molar-refractivity contribution in [1.29, 1.82) is 0 Å². The lowest BCUT2D eigenvalue weighted by Crippen LogP contribution is -2.45. The Kier molecular flexibility index (Phi) is 7.18. The molecule has 1 aromatic rings. The molecule has 4 nitrogen and oxygen atoms in total. The lowest BCUT2D eigenvalue weighted by atomic mass is 10.3. The molecule has 1 aliphatic rings. The molecule has 0 radical (unpaired) electrons. The summed E-state index contributed by atoms with van der Waals surface area (Å²) in [5, 5.41) is 6.37. The Morgan fingerprint density at radius 1 is 1.46 bits per heavy atom. The van der Waals surface area contributed by atoms with E-state index in [1.807, 2.05) is 19.1 Å². The minimum absolute atomic E-state index is 0.0127. The highest BCUT2D eigenvalue weighted by Gasteiger charge is 2.34. The van der Waals surface area contributed by atoms with Crippen molar-refractivity contribution in [1.82, 2.24) is 15.5 Å². The molecule has 2 heterocycles. The molecule has 1 saturated heterocycles. The van der Waals surface area contributed by atoms with Crippen LogP contribution in [0.4, 0.5) is 13.2 Å². The van der Waals surface area contributed by atoms with Gasteiger partial charge in [0.1, 0.15) is 0 Å². The highest BCUT2D eigenvalue weighted by atomic mass is 35.5. The van der Waals surface area contributed by atoms with E-state index in [4.69, 9.17) is 11.6 Å². The molecule has 0 aliphatic carbocycles. The van der Waals surface area contributed by atoms with Gasteiger partial charge in [0.2, 0.25) is 0 Å². The Morgan fingerprint density at radius 3 is 2.88 bits per heavy atom. The number of guanidine groups is 1. The van der Waals surface area contributed by atoms with Crippen molar-refractivity contribution < 1.29 is 13.2 Å². The molecule has 2 N–H and O–H groups in total. The topological polar surface area (TPSA) is 39.7 Å². The van der Waals surface area contributed by atoms with Gasteiger partial charge in [0.15, 0.2) is 5.96 Å². The van der Waals surface area contributed by atoms with Crippen LogP contribution < -0.4 is 10.6 Å². The van der Waals surface area contributed by atoms with Crippen molar-refractivity contribution in [3.8, 4) is 0 Å². The quantitative estimate of drug-likeness (QED) is 0.586. The van der Waals surface area contributed by atoms with Gasteiger partial charge in [-0.2, -0.15) is 13.2 Å². The van der Waals surface area contributed by atoms with Gasteiger partial charge in [-0.3, -0.25) is 9.89 Å². The summed E-state index contributed by atoms with van der Waals surface area (Å²) in [4.78, 5) is 7.09. The van der Waals surface area contributed by atoms with Gasteiger partial charge in [-0.1, -0.05) is 11.6 Å². The summed E-state index contributed by atoms with van der Waals surface area (Å²) in [6.07, 6.45) is -2.67. The van der Waals surface area contributed by atoms with Gasteiger partial charge in [0.25, 0.3) is 0 Å². The van der Waals surface area contributed by atoms with E-state index in [-0.39, 0.29) is 6.04 Å². The largest absolute Gasteiger partial charge is 0.401 e. The molecule has 0 amide bonds. The summed E-state index contributed by atoms with van der Waals surface area (Å²) in [7, 11) is 0. The fraction of sp³-hybridized carbons (Fsp3) is 0.667. The molecule has 9 heteroatoms. The molecule has 136 valence electrons. The maximum absolute atomic E-state index is 12.4. The standard InChI is InChI=1S/C15H22ClF3N4S/c1-2-20-14(21-7-5-12-3-4-13(16)24-12)22-11-6-8-23(9-11)10-15(17,18)19/h3-4,11H,2,5-10H2,1H3,(H2,20,21,22). The van der Waals surface area contributed by atoms with Crippen molar-refractivity contribution in [2.45, 2.75) is 32.0 Å². The van der Waals surface area contributed by atoms with E-state index in [0.717, 1.165) is 15.6 Å². The molecular weight excluding hydrogens is 361 g/mol. The normalized spacial score (nSPS) is 19.7. The molecule has 1 unspecified atom stereocenters. The fourth-order valence-corrected chi connectivity index (χ4v) is 3.70. The first-order chi connectivity index (χ1) is 11.4. The Balaban J connectivity index is 1.81. The second kappa shape index (κ2) is 8.92. The fourth-order valence-electron chi connectivity index (χ4n) is 2.62. The number of hydrogen-bond donors (Lipinski definition) is 2. The SMILES string of the molecule is CCNC(=NCCc1ccc(Cl)s1)NC1CCN(CC(F)(F)F)C1. The van der Waals surface area contributed by atoms with E-state index in [1.54, 1.807) is 0 Å². The van der Waals surface area contributed by atoms with Crippen molar-refractivity contribution in [3.63, 3.8) is 0 Å². The predicted molar refractivity (Wildman–Crippen MR) is 93.0 cm³/mol. The van der Waals surface area contributed by atoms with Crippen molar-refractivity contribution in [2.75, 3.05) is 32.7 Å². The van der Waals surface area contributed by atoms with Gasteiger partial charge in [0.05, 0.1) is 10.9 Å². The van der Waals surface area contributed by atoms with E-state index < -0.39 is 12.7 Å². The third-order valence-corrected chi connectivity index (χ3v) is 4.91. The minimum atomic E-state index is -4.14. The third-order valence-electron chi connectivity index (χ3n) is 3.62. The lowest BCUT2D eigenvalue weighted by Gasteiger charge is -2.19. The van der Waals surface area contributed by atoms with Crippen LogP contribution in [0, 0.1) is 0 Å². The summed E-state index contributed by atoms with van der Waals surface area (Å²) in [6.45, 7) is 3.24. The van der Waals surface area contributed by atoms with E-state index in [9.17, 15) is 13.2 Å². The van der Waals surface area contributed by atoms with E-state index in [2.05, 4.69) is 15.6 Å². The summed E-state index contributed by atoms with van der Waals surface area (Å²) in [6, 6.07) is 3.83. The first-order valence-corrected chi connectivity index (χ1v) is 9.13. The van der Waals surface area contributed by atoms with Gasteiger partial charge in [-0.05, 0) is 25.5 Å². The number of alkyl halides is 3. The lowest BCUT2D eigenvalue weighted by molar-refractivity contribution is -0.143. The van der Waals surface area contributed by atoms with Gasteiger partial charge >= 0.3 is 6.18 Å². The van der Waals surface area contributed by atoms with Crippen LogP contribution in [0.2, 0.25) is 4.34 Å². The van der Waals surface area contributed by atoms with Crippen molar-refractivity contribution in [2.24, 2.45) is 4.99 Å². The molecule has 1 aliphatic heterocycles. The Morgan fingerprint density at radius 2 is 2.25 bits per heavy atom. The number of thiophene rings is 1. The maximum Gasteiger partial charge on any atom is 0.401 e. The zero-order valence-electron chi connectivity index (χ0n) is 13.5. The molecule has 0 spiro atoms. The van der Waals surface area contributed by atoms with Crippen LogP contribution >= 0.6 is 22.9 Å². The Bertz CT molecular complexity index is 547. The van der Waals surface area contributed by atoms with Gasteiger partial charge < -0.3 is 10.6 Å². The maximum atomic E-state index is 12.4. The zero-order chi connectivity index (χ0) is 17.6. The molecule has 1 atom stereocenters. The van der Waals surface area contributed by atoms with E-state index in [0.29, 0.717) is 38.6 Å². The number of hydrogen-bond acceptors (Lipinski definition) is 3.